The van der Waals surface area contributed by atoms with Gasteiger partial charge in [-0.15, -0.1) is 0 Å². The predicted molar refractivity (Wildman–Crippen MR) is 84.4 cm³/mol. The van der Waals surface area contributed by atoms with E-state index in [1.165, 1.54) is 0 Å². The quantitative estimate of drug-likeness (QED) is 0.821. The maximum absolute atomic E-state index is 5.70. The zero-order valence-electron chi connectivity index (χ0n) is 11.0. The molecule has 19 heavy (non-hydrogen) atoms. The molecule has 0 saturated carbocycles. The Hall–Kier alpha value is -1.37. The lowest BCUT2D eigenvalue weighted by atomic mass is 10.3. The molecule has 0 unspecified atom stereocenters. The standard InChI is InChI=1S/C14H16IN3O/c1-3-16-13-7-10(2)17-14(18-13)9-19-12-6-4-5-11(15)8-12/h4-8H,3,9H2,1-2H3,(H,16,17,18). The molecule has 0 spiro atoms. The highest BCUT2D eigenvalue weighted by atomic mass is 127. The fourth-order valence-corrected chi connectivity index (χ4v) is 2.19. The summed E-state index contributed by atoms with van der Waals surface area (Å²) in [7, 11) is 0. The lowest BCUT2D eigenvalue weighted by Gasteiger charge is -2.08. The Morgan fingerprint density at radius 1 is 1.26 bits per heavy atom. The van der Waals surface area contributed by atoms with Gasteiger partial charge >= 0.3 is 0 Å². The van der Waals surface area contributed by atoms with E-state index in [2.05, 4.69) is 37.9 Å². The van der Waals surface area contributed by atoms with Crippen molar-refractivity contribution in [1.29, 1.82) is 0 Å². The summed E-state index contributed by atoms with van der Waals surface area (Å²) in [6, 6.07) is 9.85. The van der Waals surface area contributed by atoms with Gasteiger partial charge in [-0.25, -0.2) is 9.97 Å². The number of halogens is 1. The second-order valence-electron chi connectivity index (χ2n) is 4.09. The largest absolute Gasteiger partial charge is 0.486 e. The van der Waals surface area contributed by atoms with E-state index >= 15 is 0 Å². The Bertz CT molecular complexity index is 560. The minimum absolute atomic E-state index is 0.375. The summed E-state index contributed by atoms with van der Waals surface area (Å²) in [5, 5.41) is 3.19. The van der Waals surface area contributed by atoms with Crippen LogP contribution < -0.4 is 10.1 Å². The van der Waals surface area contributed by atoms with Crippen molar-refractivity contribution in [2.45, 2.75) is 20.5 Å². The van der Waals surface area contributed by atoms with Crippen LogP contribution in [-0.2, 0) is 6.61 Å². The number of benzene rings is 1. The third-order valence-corrected chi connectivity index (χ3v) is 3.09. The molecule has 100 valence electrons. The number of hydrogen-bond acceptors (Lipinski definition) is 4. The van der Waals surface area contributed by atoms with Crippen LogP contribution in [0.25, 0.3) is 0 Å². The van der Waals surface area contributed by atoms with Crippen LogP contribution >= 0.6 is 22.6 Å². The van der Waals surface area contributed by atoms with Gasteiger partial charge in [0.15, 0.2) is 5.82 Å². The number of ether oxygens (including phenoxy) is 1. The molecule has 2 rings (SSSR count). The van der Waals surface area contributed by atoms with Crippen molar-refractivity contribution >= 4 is 28.4 Å². The molecule has 4 nitrogen and oxygen atoms in total. The first-order valence-corrected chi connectivity index (χ1v) is 7.22. The van der Waals surface area contributed by atoms with Crippen molar-refractivity contribution < 1.29 is 4.74 Å². The second-order valence-corrected chi connectivity index (χ2v) is 5.33. The highest BCUT2D eigenvalue weighted by Gasteiger charge is 2.03. The molecule has 1 aromatic heterocycles. The molecule has 0 aliphatic heterocycles. The molecule has 2 aromatic rings. The lowest BCUT2D eigenvalue weighted by Crippen LogP contribution is -2.07. The summed E-state index contributed by atoms with van der Waals surface area (Å²) in [5.41, 5.74) is 0.937. The van der Waals surface area contributed by atoms with Crippen molar-refractivity contribution in [2.24, 2.45) is 0 Å². The molecule has 0 amide bonds. The number of hydrogen-bond donors (Lipinski definition) is 1. The van der Waals surface area contributed by atoms with Gasteiger partial charge < -0.3 is 10.1 Å². The number of nitrogens with one attached hydrogen (secondary N) is 1. The maximum Gasteiger partial charge on any atom is 0.168 e. The highest BCUT2D eigenvalue weighted by Crippen LogP contribution is 2.16. The van der Waals surface area contributed by atoms with Crippen molar-refractivity contribution in [2.75, 3.05) is 11.9 Å². The van der Waals surface area contributed by atoms with Crippen LogP contribution in [0.2, 0.25) is 0 Å². The molecule has 0 radical (unpaired) electrons. The molecule has 1 heterocycles. The summed E-state index contributed by atoms with van der Waals surface area (Å²) in [5.74, 6) is 2.37. The molecular formula is C14H16IN3O. The van der Waals surface area contributed by atoms with Gasteiger partial charge in [0.1, 0.15) is 18.2 Å². The predicted octanol–water partition coefficient (Wildman–Crippen LogP) is 3.40. The van der Waals surface area contributed by atoms with E-state index < -0.39 is 0 Å². The van der Waals surface area contributed by atoms with Crippen LogP contribution in [0.15, 0.2) is 30.3 Å². The van der Waals surface area contributed by atoms with Crippen molar-refractivity contribution in [3.8, 4) is 5.75 Å². The first-order chi connectivity index (χ1) is 9.17. The van der Waals surface area contributed by atoms with E-state index in [1.54, 1.807) is 0 Å². The van der Waals surface area contributed by atoms with Gasteiger partial charge in [-0.3, -0.25) is 0 Å². The highest BCUT2D eigenvalue weighted by molar-refractivity contribution is 14.1. The minimum Gasteiger partial charge on any atom is -0.486 e. The lowest BCUT2D eigenvalue weighted by molar-refractivity contribution is 0.295. The number of aryl methyl sites for hydroxylation is 1. The fraction of sp³-hybridized carbons (Fsp3) is 0.286. The normalized spacial score (nSPS) is 10.3. The Morgan fingerprint density at radius 3 is 2.84 bits per heavy atom. The third-order valence-electron chi connectivity index (χ3n) is 2.42. The molecule has 0 atom stereocenters. The molecule has 5 heteroatoms. The first-order valence-electron chi connectivity index (χ1n) is 6.14. The molecule has 1 aromatic carbocycles. The number of nitrogens with zero attached hydrogens (tertiary/aromatic N) is 2. The average molecular weight is 369 g/mol. The van der Waals surface area contributed by atoms with Gasteiger partial charge in [0.25, 0.3) is 0 Å². The van der Waals surface area contributed by atoms with Crippen LogP contribution in [0.1, 0.15) is 18.4 Å². The number of anilines is 1. The topological polar surface area (TPSA) is 47.0 Å². The van der Waals surface area contributed by atoms with E-state index in [-0.39, 0.29) is 0 Å². The first kappa shape index (κ1) is 14.0. The SMILES string of the molecule is CCNc1cc(C)nc(COc2cccc(I)c2)n1. The van der Waals surface area contributed by atoms with Gasteiger partial charge in [0, 0.05) is 21.9 Å². The van der Waals surface area contributed by atoms with Gasteiger partial charge in [0.05, 0.1) is 0 Å². The summed E-state index contributed by atoms with van der Waals surface area (Å²) >= 11 is 2.26. The zero-order valence-corrected chi connectivity index (χ0v) is 13.1. The van der Waals surface area contributed by atoms with Gasteiger partial charge in [-0.2, -0.15) is 0 Å². The molecule has 0 saturated heterocycles. The monoisotopic (exact) mass is 369 g/mol. The van der Waals surface area contributed by atoms with E-state index in [4.69, 9.17) is 4.74 Å². The number of aromatic nitrogens is 2. The summed E-state index contributed by atoms with van der Waals surface area (Å²) in [4.78, 5) is 8.79. The van der Waals surface area contributed by atoms with E-state index in [9.17, 15) is 0 Å². The minimum atomic E-state index is 0.375. The molecule has 0 fully saturated rings. The van der Waals surface area contributed by atoms with Crippen molar-refractivity contribution in [3.05, 3.63) is 45.4 Å². The van der Waals surface area contributed by atoms with Crippen LogP contribution in [0, 0.1) is 10.5 Å². The molecule has 0 bridgehead atoms. The van der Waals surface area contributed by atoms with Crippen molar-refractivity contribution in [1.82, 2.24) is 9.97 Å². The zero-order chi connectivity index (χ0) is 13.7. The third kappa shape index (κ3) is 4.34. The van der Waals surface area contributed by atoms with Gasteiger partial charge in [-0.05, 0) is 54.6 Å². The Labute approximate surface area is 126 Å². The Balaban J connectivity index is 2.06. The average Bonchev–Trinajstić information content (AvgIpc) is 2.36. The van der Waals surface area contributed by atoms with Crippen LogP contribution in [-0.4, -0.2) is 16.5 Å². The number of rotatable bonds is 5. The molecule has 1 N–H and O–H groups in total. The fourth-order valence-electron chi connectivity index (χ4n) is 1.67. The maximum atomic E-state index is 5.70. The Kier molecular flexibility index (Phi) is 4.95. The van der Waals surface area contributed by atoms with Gasteiger partial charge in [-0.1, -0.05) is 6.07 Å². The van der Waals surface area contributed by atoms with E-state index in [0.717, 1.165) is 27.4 Å². The van der Waals surface area contributed by atoms with Gasteiger partial charge in [0.2, 0.25) is 0 Å². The molecule has 0 aliphatic rings. The van der Waals surface area contributed by atoms with Crippen LogP contribution in [0.4, 0.5) is 5.82 Å². The Morgan fingerprint density at radius 2 is 2.11 bits per heavy atom. The molecular weight excluding hydrogens is 353 g/mol. The van der Waals surface area contributed by atoms with E-state index in [1.807, 2.05) is 44.2 Å². The summed E-state index contributed by atoms with van der Waals surface area (Å²) < 4.78 is 6.85. The van der Waals surface area contributed by atoms with Crippen LogP contribution in [0.5, 0.6) is 5.75 Å². The summed E-state index contributed by atoms with van der Waals surface area (Å²) in [6.45, 7) is 5.21. The molecule has 0 aliphatic carbocycles. The summed E-state index contributed by atoms with van der Waals surface area (Å²) in [6.07, 6.45) is 0. The van der Waals surface area contributed by atoms with Crippen LogP contribution in [0.3, 0.4) is 0 Å². The van der Waals surface area contributed by atoms with Crippen molar-refractivity contribution in [3.63, 3.8) is 0 Å². The second kappa shape index (κ2) is 6.70. The smallest absolute Gasteiger partial charge is 0.168 e. The van der Waals surface area contributed by atoms with E-state index in [0.29, 0.717) is 12.4 Å².